The molecule has 0 radical (unpaired) electrons. The van der Waals surface area contributed by atoms with Crippen molar-refractivity contribution in [2.24, 2.45) is 11.8 Å². The number of hydrogen-bond acceptors (Lipinski definition) is 3. The van der Waals surface area contributed by atoms with Gasteiger partial charge in [-0.25, -0.2) is 0 Å². The highest BCUT2D eigenvalue weighted by molar-refractivity contribution is 5.81. The van der Waals surface area contributed by atoms with Crippen molar-refractivity contribution in [2.75, 3.05) is 6.61 Å². The Morgan fingerprint density at radius 2 is 1.95 bits per heavy atom. The zero-order chi connectivity index (χ0) is 14.8. The summed E-state index contributed by atoms with van der Waals surface area (Å²) in [6.07, 6.45) is 2.46. The molecule has 3 rings (SSSR count). The summed E-state index contributed by atoms with van der Waals surface area (Å²) in [5.41, 5.74) is 1.10. The molecule has 5 nitrogen and oxygen atoms in total. The third-order valence-corrected chi connectivity index (χ3v) is 4.38. The number of carbonyl (C=O) groups excluding carboxylic acids is 1. The molecule has 5 heteroatoms. The van der Waals surface area contributed by atoms with Gasteiger partial charge in [-0.15, -0.1) is 0 Å². The van der Waals surface area contributed by atoms with Gasteiger partial charge in [-0.1, -0.05) is 18.2 Å². The largest absolute Gasteiger partial charge is 0.491 e. The number of hydrogen-bond donors (Lipinski definition) is 2. The van der Waals surface area contributed by atoms with Crippen molar-refractivity contribution in [2.45, 2.75) is 31.7 Å². The van der Waals surface area contributed by atoms with Crippen molar-refractivity contribution in [3.05, 3.63) is 29.8 Å². The predicted molar refractivity (Wildman–Crippen MR) is 76.0 cm³/mol. The Balaban J connectivity index is 1.56. The molecule has 1 fully saturated rings. The minimum Gasteiger partial charge on any atom is -0.491 e. The first-order chi connectivity index (χ1) is 10.1. The molecule has 1 aromatic carbocycles. The van der Waals surface area contributed by atoms with Gasteiger partial charge in [0.25, 0.3) is 0 Å². The Labute approximate surface area is 123 Å². The first-order valence-corrected chi connectivity index (χ1v) is 7.37. The number of benzene rings is 1. The molecule has 21 heavy (non-hydrogen) atoms. The van der Waals surface area contributed by atoms with Crippen LogP contribution in [-0.2, 0) is 16.0 Å². The molecule has 1 amide bonds. The van der Waals surface area contributed by atoms with E-state index in [2.05, 4.69) is 5.32 Å². The molecule has 2 aliphatic rings. The normalized spacial score (nSPS) is 27.5. The molecule has 1 aliphatic carbocycles. The van der Waals surface area contributed by atoms with Crippen molar-refractivity contribution in [1.82, 2.24) is 5.32 Å². The molecule has 0 spiro atoms. The number of carbonyl (C=O) groups is 2. The lowest BCUT2D eigenvalue weighted by Crippen LogP contribution is -2.44. The van der Waals surface area contributed by atoms with E-state index in [4.69, 9.17) is 9.84 Å². The molecule has 1 saturated carbocycles. The van der Waals surface area contributed by atoms with Crippen LogP contribution >= 0.6 is 0 Å². The van der Waals surface area contributed by atoms with Crippen LogP contribution in [0.5, 0.6) is 5.75 Å². The molecule has 0 bridgehead atoms. The van der Waals surface area contributed by atoms with Crippen LogP contribution in [0.3, 0.4) is 0 Å². The molecule has 2 N–H and O–H groups in total. The molecular weight excluding hydrogens is 270 g/mol. The van der Waals surface area contributed by atoms with Gasteiger partial charge >= 0.3 is 5.97 Å². The smallest absolute Gasteiger partial charge is 0.306 e. The Morgan fingerprint density at radius 1 is 1.19 bits per heavy atom. The molecule has 112 valence electrons. The van der Waals surface area contributed by atoms with E-state index in [0.29, 0.717) is 25.9 Å². The van der Waals surface area contributed by atoms with Gasteiger partial charge in [0.2, 0.25) is 5.91 Å². The summed E-state index contributed by atoms with van der Waals surface area (Å²) in [7, 11) is 0. The second kappa shape index (κ2) is 5.76. The van der Waals surface area contributed by atoms with Crippen LogP contribution in [-0.4, -0.2) is 29.6 Å². The summed E-state index contributed by atoms with van der Waals surface area (Å²) in [5.74, 6) is -0.492. The highest BCUT2D eigenvalue weighted by atomic mass is 16.5. The Morgan fingerprint density at radius 3 is 2.71 bits per heavy atom. The standard InChI is InChI=1S/C16H19NO4/c18-15(11-5-6-12(7-11)16(19)20)17-13-8-10-3-1-2-4-14(10)21-9-13/h1-4,11-13H,5-9H2,(H,17,18)(H,19,20)/t11-,12+,13?/m0/s1. The number of rotatable bonds is 3. The second-order valence-corrected chi connectivity index (χ2v) is 5.87. The van der Waals surface area contributed by atoms with Crippen molar-refractivity contribution >= 4 is 11.9 Å². The topological polar surface area (TPSA) is 75.6 Å². The summed E-state index contributed by atoms with van der Waals surface area (Å²) in [6, 6.07) is 7.80. The molecular formula is C16H19NO4. The molecule has 1 aromatic rings. The third kappa shape index (κ3) is 3.01. The van der Waals surface area contributed by atoms with E-state index in [1.54, 1.807) is 0 Å². The van der Waals surface area contributed by atoms with E-state index in [9.17, 15) is 9.59 Å². The molecule has 0 aromatic heterocycles. The minimum atomic E-state index is -0.791. The van der Waals surface area contributed by atoms with E-state index in [-0.39, 0.29) is 23.8 Å². The fraction of sp³-hybridized carbons (Fsp3) is 0.500. The lowest BCUT2D eigenvalue weighted by Gasteiger charge is -2.27. The number of amides is 1. The van der Waals surface area contributed by atoms with Gasteiger partial charge in [-0.3, -0.25) is 9.59 Å². The van der Waals surface area contributed by atoms with Crippen molar-refractivity contribution in [1.29, 1.82) is 0 Å². The lowest BCUT2D eigenvalue weighted by molar-refractivity contribution is -0.141. The maximum Gasteiger partial charge on any atom is 0.306 e. The van der Waals surface area contributed by atoms with E-state index in [1.807, 2.05) is 24.3 Å². The van der Waals surface area contributed by atoms with Crippen molar-refractivity contribution < 1.29 is 19.4 Å². The Hall–Kier alpha value is -2.04. The number of carboxylic acids is 1. The molecule has 1 aliphatic heterocycles. The van der Waals surface area contributed by atoms with Gasteiger partial charge in [0, 0.05) is 5.92 Å². The zero-order valence-corrected chi connectivity index (χ0v) is 11.7. The number of carboxylic acid groups (broad SMARTS) is 1. The summed E-state index contributed by atoms with van der Waals surface area (Å²) < 4.78 is 5.65. The molecule has 1 unspecified atom stereocenters. The van der Waals surface area contributed by atoms with Crippen LogP contribution in [0, 0.1) is 11.8 Å². The van der Waals surface area contributed by atoms with Crippen LogP contribution in [0.4, 0.5) is 0 Å². The van der Waals surface area contributed by atoms with Gasteiger partial charge < -0.3 is 15.2 Å². The second-order valence-electron chi connectivity index (χ2n) is 5.87. The summed E-state index contributed by atoms with van der Waals surface area (Å²) in [4.78, 5) is 23.2. The third-order valence-electron chi connectivity index (χ3n) is 4.38. The molecule has 1 heterocycles. The van der Waals surface area contributed by atoms with Gasteiger partial charge in [0.05, 0.1) is 12.0 Å². The average Bonchev–Trinajstić information content (AvgIpc) is 2.97. The predicted octanol–water partition coefficient (Wildman–Crippen LogP) is 1.61. The van der Waals surface area contributed by atoms with Crippen LogP contribution < -0.4 is 10.1 Å². The summed E-state index contributed by atoms with van der Waals surface area (Å²) in [6.45, 7) is 0.470. The van der Waals surface area contributed by atoms with Gasteiger partial charge in [0.15, 0.2) is 0 Å². The first-order valence-electron chi connectivity index (χ1n) is 7.37. The monoisotopic (exact) mass is 289 g/mol. The summed E-state index contributed by atoms with van der Waals surface area (Å²) >= 11 is 0. The molecule has 3 atom stereocenters. The number of ether oxygens (including phenoxy) is 1. The number of aliphatic carboxylic acids is 1. The van der Waals surface area contributed by atoms with E-state index in [0.717, 1.165) is 17.7 Å². The minimum absolute atomic E-state index is 0.0312. The SMILES string of the molecule is O=C(O)[C@@H]1CC[C@H](C(=O)NC2COc3ccccc3C2)C1. The van der Waals surface area contributed by atoms with Crippen molar-refractivity contribution in [3.8, 4) is 5.75 Å². The highest BCUT2D eigenvalue weighted by Gasteiger charge is 2.34. The van der Waals surface area contributed by atoms with E-state index >= 15 is 0 Å². The maximum absolute atomic E-state index is 12.2. The van der Waals surface area contributed by atoms with Crippen LogP contribution in [0.25, 0.3) is 0 Å². The number of nitrogens with one attached hydrogen (secondary N) is 1. The zero-order valence-electron chi connectivity index (χ0n) is 11.7. The first kappa shape index (κ1) is 13.9. The number of fused-ring (bicyclic) bond motifs is 1. The Kier molecular flexibility index (Phi) is 3.82. The average molecular weight is 289 g/mol. The quantitative estimate of drug-likeness (QED) is 0.886. The van der Waals surface area contributed by atoms with Gasteiger partial charge in [-0.05, 0) is 37.3 Å². The van der Waals surface area contributed by atoms with Gasteiger partial charge in [0.1, 0.15) is 12.4 Å². The van der Waals surface area contributed by atoms with Crippen LogP contribution in [0.2, 0.25) is 0 Å². The van der Waals surface area contributed by atoms with Crippen LogP contribution in [0.1, 0.15) is 24.8 Å². The molecule has 0 saturated heterocycles. The van der Waals surface area contributed by atoms with E-state index < -0.39 is 5.97 Å². The fourth-order valence-corrected chi connectivity index (χ4v) is 3.18. The Bertz CT molecular complexity index is 557. The summed E-state index contributed by atoms with van der Waals surface area (Å²) in [5, 5.41) is 12.0. The van der Waals surface area contributed by atoms with Crippen molar-refractivity contribution in [3.63, 3.8) is 0 Å². The maximum atomic E-state index is 12.2. The lowest BCUT2D eigenvalue weighted by atomic mass is 10.0. The van der Waals surface area contributed by atoms with E-state index in [1.165, 1.54) is 0 Å². The van der Waals surface area contributed by atoms with Crippen LogP contribution in [0.15, 0.2) is 24.3 Å². The highest BCUT2D eigenvalue weighted by Crippen LogP contribution is 2.31. The van der Waals surface area contributed by atoms with Gasteiger partial charge in [-0.2, -0.15) is 0 Å². The number of para-hydroxylation sites is 1. The fourth-order valence-electron chi connectivity index (χ4n) is 3.18.